The lowest BCUT2D eigenvalue weighted by atomic mass is 10.2. The number of ether oxygens (including phenoxy) is 1. The van der Waals surface area contributed by atoms with Gasteiger partial charge >= 0.3 is 12.1 Å². The Balaban J connectivity index is 2.13. The summed E-state index contributed by atoms with van der Waals surface area (Å²) < 4.78 is 47.3. The minimum Gasteiger partial charge on any atom is -0.462 e. The summed E-state index contributed by atoms with van der Waals surface area (Å²) in [7, 11) is 0. The van der Waals surface area contributed by atoms with Crippen LogP contribution < -0.4 is 0 Å². The summed E-state index contributed by atoms with van der Waals surface area (Å²) in [5, 5.41) is 7.58. The maximum absolute atomic E-state index is 13.1. The molecule has 3 aromatic rings. The van der Waals surface area contributed by atoms with Gasteiger partial charge in [-0.25, -0.2) is 14.0 Å². The molecule has 3 rings (SSSR count). The van der Waals surface area contributed by atoms with Crippen LogP contribution >= 0.6 is 15.9 Å². The van der Waals surface area contributed by atoms with E-state index in [4.69, 9.17) is 0 Å². The Kier molecular flexibility index (Phi) is 4.08. The average molecular weight is 403 g/mol. The molecule has 0 bridgehead atoms. The minimum atomic E-state index is -4.77. The standard InChI is InChI=1S/C14H10BrF3N4O2/c1-2-24-13(23)9-7-22(20-12(9)14(16,17)18)8-3-4-21-11(5-8)10(15)6-19-21/h3-7H,2H2,1H3. The number of alkyl halides is 3. The molecule has 6 nitrogen and oxygen atoms in total. The fourth-order valence-corrected chi connectivity index (χ4v) is 2.54. The maximum Gasteiger partial charge on any atom is 0.436 e. The van der Waals surface area contributed by atoms with E-state index in [1.807, 2.05) is 0 Å². The van der Waals surface area contributed by atoms with E-state index in [2.05, 4.69) is 30.9 Å². The van der Waals surface area contributed by atoms with Crippen molar-refractivity contribution in [3.05, 3.63) is 46.5 Å². The summed E-state index contributed by atoms with van der Waals surface area (Å²) in [6.45, 7) is 1.48. The molecule has 0 saturated carbocycles. The Hall–Kier alpha value is -2.36. The molecule has 0 amide bonds. The van der Waals surface area contributed by atoms with Gasteiger partial charge in [0.25, 0.3) is 0 Å². The molecule has 0 aliphatic rings. The lowest BCUT2D eigenvalue weighted by Gasteiger charge is -2.05. The van der Waals surface area contributed by atoms with Gasteiger partial charge in [-0.1, -0.05) is 0 Å². The molecule has 3 heterocycles. The first kappa shape index (κ1) is 16.5. The lowest BCUT2D eigenvalue weighted by molar-refractivity contribution is -0.141. The number of carbonyl (C=O) groups excluding carboxylic acids is 1. The van der Waals surface area contributed by atoms with Gasteiger partial charge in [0, 0.05) is 12.4 Å². The Morgan fingerprint density at radius 2 is 2.17 bits per heavy atom. The van der Waals surface area contributed by atoms with Gasteiger partial charge < -0.3 is 4.74 Å². The van der Waals surface area contributed by atoms with Crippen molar-refractivity contribution in [1.29, 1.82) is 0 Å². The fourth-order valence-electron chi connectivity index (χ4n) is 2.16. The van der Waals surface area contributed by atoms with Crippen LogP contribution in [0.15, 0.2) is 35.2 Å². The SMILES string of the molecule is CCOC(=O)c1cn(-c2ccn3ncc(Br)c3c2)nc1C(F)(F)F. The number of esters is 1. The number of fused-ring (bicyclic) bond motifs is 1. The molecule has 0 radical (unpaired) electrons. The third-order valence-corrected chi connectivity index (χ3v) is 3.81. The van der Waals surface area contributed by atoms with Crippen molar-refractivity contribution >= 4 is 27.4 Å². The molecule has 0 aromatic carbocycles. The number of hydrogen-bond acceptors (Lipinski definition) is 4. The van der Waals surface area contributed by atoms with Gasteiger partial charge in [0.15, 0.2) is 5.69 Å². The first-order valence-electron chi connectivity index (χ1n) is 6.78. The minimum absolute atomic E-state index is 0.0317. The van der Waals surface area contributed by atoms with Crippen molar-refractivity contribution in [1.82, 2.24) is 19.4 Å². The molecule has 0 fully saturated rings. The highest BCUT2D eigenvalue weighted by Crippen LogP contribution is 2.32. The van der Waals surface area contributed by atoms with Gasteiger partial charge in [0.1, 0.15) is 5.56 Å². The molecule has 126 valence electrons. The summed E-state index contributed by atoms with van der Waals surface area (Å²) in [5.41, 5.74) is -0.913. The highest BCUT2D eigenvalue weighted by atomic mass is 79.9. The van der Waals surface area contributed by atoms with E-state index in [9.17, 15) is 18.0 Å². The zero-order valence-corrected chi connectivity index (χ0v) is 13.8. The van der Waals surface area contributed by atoms with E-state index < -0.39 is 23.4 Å². The van der Waals surface area contributed by atoms with E-state index in [1.54, 1.807) is 23.0 Å². The third kappa shape index (κ3) is 2.88. The highest BCUT2D eigenvalue weighted by molar-refractivity contribution is 9.10. The number of carbonyl (C=O) groups is 1. The second-order valence-corrected chi connectivity index (χ2v) is 5.62. The first-order chi connectivity index (χ1) is 11.3. The summed E-state index contributed by atoms with van der Waals surface area (Å²) in [6.07, 6.45) is -0.618. The molecule has 0 atom stereocenters. The van der Waals surface area contributed by atoms with Crippen molar-refractivity contribution in [2.75, 3.05) is 6.61 Å². The normalized spacial score (nSPS) is 11.9. The van der Waals surface area contributed by atoms with E-state index in [0.717, 1.165) is 10.9 Å². The van der Waals surface area contributed by atoms with Gasteiger partial charge in [-0.3, -0.25) is 0 Å². The smallest absolute Gasteiger partial charge is 0.436 e. The van der Waals surface area contributed by atoms with Crippen molar-refractivity contribution in [3.8, 4) is 5.69 Å². The van der Waals surface area contributed by atoms with Crippen LogP contribution in [0.1, 0.15) is 23.0 Å². The van der Waals surface area contributed by atoms with Crippen molar-refractivity contribution < 1.29 is 22.7 Å². The first-order valence-corrected chi connectivity index (χ1v) is 7.58. The monoisotopic (exact) mass is 402 g/mol. The van der Waals surface area contributed by atoms with Crippen LogP contribution in [0.2, 0.25) is 0 Å². The predicted molar refractivity (Wildman–Crippen MR) is 81.0 cm³/mol. The number of pyridine rings is 1. The molecule has 0 aliphatic carbocycles. The maximum atomic E-state index is 13.1. The Bertz CT molecular complexity index is 917. The van der Waals surface area contributed by atoms with Gasteiger partial charge in [-0.15, -0.1) is 0 Å². The number of rotatable bonds is 3. The Morgan fingerprint density at radius 1 is 1.42 bits per heavy atom. The molecule has 24 heavy (non-hydrogen) atoms. The largest absolute Gasteiger partial charge is 0.462 e. The second kappa shape index (κ2) is 5.93. The lowest BCUT2D eigenvalue weighted by Crippen LogP contribution is -2.14. The van der Waals surface area contributed by atoms with Gasteiger partial charge in [0.05, 0.1) is 28.5 Å². The summed E-state index contributed by atoms with van der Waals surface area (Å²) >= 11 is 3.30. The van der Waals surface area contributed by atoms with E-state index >= 15 is 0 Å². The van der Waals surface area contributed by atoms with Crippen molar-refractivity contribution in [2.45, 2.75) is 13.1 Å². The molecular formula is C14H10BrF3N4O2. The number of nitrogens with zero attached hydrogens (tertiary/aromatic N) is 4. The fraction of sp³-hybridized carbons (Fsp3) is 0.214. The van der Waals surface area contributed by atoms with Gasteiger partial charge in [0.2, 0.25) is 0 Å². The van der Waals surface area contributed by atoms with Gasteiger partial charge in [-0.2, -0.15) is 23.4 Å². The molecule has 3 aromatic heterocycles. The molecular weight excluding hydrogens is 393 g/mol. The second-order valence-electron chi connectivity index (χ2n) is 4.76. The molecule has 0 aliphatic heterocycles. The molecule has 0 saturated heterocycles. The van der Waals surface area contributed by atoms with Crippen molar-refractivity contribution in [3.63, 3.8) is 0 Å². The van der Waals surface area contributed by atoms with Crippen LogP contribution in [0.4, 0.5) is 13.2 Å². The number of hydrogen-bond donors (Lipinski definition) is 0. The van der Waals surface area contributed by atoms with Crippen LogP contribution in [-0.2, 0) is 10.9 Å². The van der Waals surface area contributed by atoms with Crippen LogP contribution in [0.5, 0.6) is 0 Å². The van der Waals surface area contributed by atoms with Crippen LogP contribution in [0.3, 0.4) is 0 Å². The zero-order chi connectivity index (χ0) is 17.5. The topological polar surface area (TPSA) is 61.4 Å². The highest BCUT2D eigenvalue weighted by Gasteiger charge is 2.39. The van der Waals surface area contributed by atoms with E-state index in [1.165, 1.54) is 13.0 Å². The van der Waals surface area contributed by atoms with Crippen molar-refractivity contribution in [2.24, 2.45) is 0 Å². The average Bonchev–Trinajstić information content (AvgIpc) is 3.12. The van der Waals surface area contributed by atoms with Crippen LogP contribution in [-0.4, -0.2) is 32.0 Å². The molecule has 0 spiro atoms. The molecule has 0 N–H and O–H groups in total. The number of halogens is 4. The Labute approximate surface area is 142 Å². The third-order valence-electron chi connectivity index (χ3n) is 3.20. The molecule has 0 unspecified atom stereocenters. The number of aromatic nitrogens is 4. The summed E-state index contributed by atoms with van der Waals surface area (Å²) in [4.78, 5) is 11.8. The van der Waals surface area contributed by atoms with Crippen LogP contribution in [0, 0.1) is 0 Å². The van der Waals surface area contributed by atoms with E-state index in [-0.39, 0.29) is 6.61 Å². The van der Waals surface area contributed by atoms with Gasteiger partial charge in [-0.05, 0) is 35.0 Å². The quantitative estimate of drug-likeness (QED) is 0.629. The predicted octanol–water partition coefficient (Wildman–Crippen LogP) is 3.48. The Morgan fingerprint density at radius 3 is 2.83 bits per heavy atom. The molecule has 10 heteroatoms. The summed E-state index contributed by atoms with van der Waals surface area (Å²) in [5.74, 6) is -1.07. The van der Waals surface area contributed by atoms with E-state index in [0.29, 0.717) is 15.7 Å². The zero-order valence-electron chi connectivity index (χ0n) is 12.2. The van der Waals surface area contributed by atoms with Crippen LogP contribution in [0.25, 0.3) is 11.2 Å². The summed E-state index contributed by atoms with van der Waals surface area (Å²) in [6, 6.07) is 3.13.